The Labute approximate surface area is 158 Å². The molecule has 1 aromatic carbocycles. The minimum Gasteiger partial charge on any atom is -0.481 e. The molecule has 0 bridgehead atoms. The van der Waals surface area contributed by atoms with Crippen molar-refractivity contribution in [1.82, 2.24) is 14.5 Å². The lowest BCUT2D eigenvalue weighted by Gasteiger charge is -2.35. The Morgan fingerprint density at radius 1 is 1.30 bits per heavy atom. The average molecular weight is 365 g/mol. The van der Waals surface area contributed by atoms with E-state index >= 15 is 0 Å². The molecule has 1 fully saturated rings. The Bertz CT molecular complexity index is 928. The zero-order valence-corrected chi connectivity index (χ0v) is 15.4. The fraction of sp³-hybridized carbons (Fsp3) is 0.381. The van der Waals surface area contributed by atoms with Crippen molar-refractivity contribution in [3.63, 3.8) is 0 Å². The third kappa shape index (κ3) is 3.32. The van der Waals surface area contributed by atoms with E-state index in [0.29, 0.717) is 13.1 Å². The molecule has 27 heavy (non-hydrogen) atoms. The van der Waals surface area contributed by atoms with Crippen LogP contribution in [-0.4, -0.2) is 50.4 Å². The number of piperidine rings is 1. The molecule has 0 spiro atoms. The van der Waals surface area contributed by atoms with Crippen LogP contribution in [0.5, 0.6) is 0 Å². The van der Waals surface area contributed by atoms with E-state index < -0.39 is 5.97 Å². The van der Waals surface area contributed by atoms with Gasteiger partial charge >= 0.3 is 5.97 Å². The number of nitrogens with zero attached hydrogens (tertiary/aromatic N) is 3. The summed E-state index contributed by atoms with van der Waals surface area (Å²) in [5, 5.41) is 8.96. The standard InChI is InChI=1S/C21H23N3O3/c1-14-12-15(6-9-23(14)10-7-19(26)27)20-17-5-3-2-4-16(17)18(25)13-24-11-8-22-21(20)24/h2-5,8,11,14H,6-7,9-10,12-13H2,1H3,(H,26,27). The summed E-state index contributed by atoms with van der Waals surface area (Å²) < 4.78 is 1.94. The quantitative estimate of drug-likeness (QED) is 0.905. The number of Topliss-reactive ketones (excluding diaryl/α,β-unsaturated/α-hetero) is 1. The lowest BCUT2D eigenvalue weighted by molar-refractivity contribution is -0.137. The first kappa shape index (κ1) is 17.7. The summed E-state index contributed by atoms with van der Waals surface area (Å²) >= 11 is 0. The van der Waals surface area contributed by atoms with Crippen molar-refractivity contribution in [3.8, 4) is 0 Å². The number of imidazole rings is 1. The number of aromatic nitrogens is 2. The van der Waals surface area contributed by atoms with Gasteiger partial charge in [0.05, 0.1) is 13.0 Å². The molecule has 3 heterocycles. The van der Waals surface area contributed by atoms with Crippen LogP contribution >= 0.6 is 0 Å². The van der Waals surface area contributed by atoms with Gasteiger partial charge in [-0.05, 0) is 25.3 Å². The molecule has 2 aliphatic heterocycles. The zero-order chi connectivity index (χ0) is 19.0. The van der Waals surface area contributed by atoms with Crippen molar-refractivity contribution in [3.05, 3.63) is 59.2 Å². The highest BCUT2D eigenvalue weighted by Gasteiger charge is 2.29. The van der Waals surface area contributed by atoms with Crippen molar-refractivity contribution in [2.45, 2.75) is 38.8 Å². The number of benzene rings is 1. The molecular weight excluding hydrogens is 342 g/mol. The van der Waals surface area contributed by atoms with Crippen LogP contribution in [-0.2, 0) is 11.3 Å². The molecule has 1 aromatic heterocycles. The summed E-state index contributed by atoms with van der Waals surface area (Å²) in [5.41, 5.74) is 4.09. The normalized spacial score (nSPS) is 22.9. The minimum atomic E-state index is -0.760. The highest BCUT2D eigenvalue weighted by atomic mass is 16.4. The molecule has 2 aromatic rings. The number of carboxylic acids is 1. The first-order valence-electron chi connectivity index (χ1n) is 9.36. The molecule has 1 unspecified atom stereocenters. The van der Waals surface area contributed by atoms with E-state index in [1.165, 1.54) is 5.57 Å². The molecular formula is C21H23N3O3. The zero-order valence-electron chi connectivity index (χ0n) is 15.4. The highest BCUT2D eigenvalue weighted by molar-refractivity contribution is 6.03. The van der Waals surface area contributed by atoms with Gasteiger partial charge in [0.2, 0.25) is 0 Å². The number of carbonyl (C=O) groups is 2. The Morgan fingerprint density at radius 2 is 2.07 bits per heavy atom. The molecule has 1 N–H and O–H groups in total. The summed E-state index contributed by atoms with van der Waals surface area (Å²) in [6.07, 6.45) is 5.49. The van der Waals surface area contributed by atoms with Gasteiger partial charge in [0.1, 0.15) is 5.82 Å². The van der Waals surface area contributed by atoms with Crippen LogP contribution < -0.4 is 0 Å². The van der Waals surface area contributed by atoms with Crippen LogP contribution in [0.3, 0.4) is 0 Å². The maximum atomic E-state index is 12.7. The summed E-state index contributed by atoms with van der Waals surface area (Å²) in [7, 11) is 0. The van der Waals surface area contributed by atoms with Crippen molar-refractivity contribution < 1.29 is 14.7 Å². The van der Waals surface area contributed by atoms with Crippen LogP contribution in [0.1, 0.15) is 47.9 Å². The second-order valence-electron chi connectivity index (χ2n) is 7.31. The van der Waals surface area contributed by atoms with E-state index in [1.807, 2.05) is 35.0 Å². The van der Waals surface area contributed by atoms with E-state index in [-0.39, 0.29) is 18.2 Å². The van der Waals surface area contributed by atoms with Gasteiger partial charge in [0.25, 0.3) is 0 Å². The molecule has 2 aliphatic rings. The number of likely N-dealkylation sites (tertiary alicyclic amines) is 1. The maximum Gasteiger partial charge on any atom is 0.304 e. The van der Waals surface area contributed by atoms with Gasteiger partial charge in [0.15, 0.2) is 5.78 Å². The largest absolute Gasteiger partial charge is 0.481 e. The van der Waals surface area contributed by atoms with Crippen LogP contribution in [0.4, 0.5) is 0 Å². The fourth-order valence-electron chi connectivity index (χ4n) is 4.20. The fourth-order valence-corrected chi connectivity index (χ4v) is 4.20. The number of ketones is 1. The van der Waals surface area contributed by atoms with Gasteiger partial charge in [-0.3, -0.25) is 14.5 Å². The lowest BCUT2D eigenvalue weighted by atomic mass is 9.87. The molecule has 0 radical (unpaired) electrons. The van der Waals surface area contributed by atoms with Crippen LogP contribution in [0.25, 0.3) is 5.57 Å². The predicted molar refractivity (Wildman–Crippen MR) is 102 cm³/mol. The molecule has 0 amide bonds. The molecule has 4 rings (SSSR count). The minimum absolute atomic E-state index is 0.104. The summed E-state index contributed by atoms with van der Waals surface area (Å²) in [6.45, 7) is 3.85. The van der Waals surface area contributed by atoms with E-state index in [4.69, 9.17) is 5.11 Å². The van der Waals surface area contributed by atoms with Crippen molar-refractivity contribution in [1.29, 1.82) is 0 Å². The third-order valence-corrected chi connectivity index (χ3v) is 5.58. The van der Waals surface area contributed by atoms with Gasteiger partial charge in [-0.25, -0.2) is 4.98 Å². The summed E-state index contributed by atoms with van der Waals surface area (Å²) in [6, 6.07) is 8.05. The van der Waals surface area contributed by atoms with Crippen LogP contribution in [0.2, 0.25) is 0 Å². The second-order valence-corrected chi connectivity index (χ2v) is 7.31. The van der Waals surface area contributed by atoms with E-state index in [9.17, 15) is 9.59 Å². The first-order valence-corrected chi connectivity index (χ1v) is 9.36. The predicted octanol–water partition coefficient (Wildman–Crippen LogP) is 2.84. The van der Waals surface area contributed by atoms with E-state index in [2.05, 4.69) is 16.8 Å². The highest BCUT2D eigenvalue weighted by Crippen LogP contribution is 2.36. The summed E-state index contributed by atoms with van der Waals surface area (Å²) in [4.78, 5) is 30.4. The van der Waals surface area contributed by atoms with Gasteiger partial charge in [-0.1, -0.05) is 29.8 Å². The Morgan fingerprint density at radius 3 is 2.81 bits per heavy atom. The molecule has 1 saturated heterocycles. The topological polar surface area (TPSA) is 75.4 Å². The number of hydrogen-bond acceptors (Lipinski definition) is 4. The second kappa shape index (κ2) is 7.12. The number of hydrogen-bond donors (Lipinski definition) is 1. The molecule has 0 aliphatic carbocycles. The molecule has 0 saturated carbocycles. The molecule has 6 heteroatoms. The van der Waals surface area contributed by atoms with E-state index in [0.717, 1.165) is 41.9 Å². The molecule has 6 nitrogen and oxygen atoms in total. The van der Waals surface area contributed by atoms with Gasteiger partial charge in [-0.15, -0.1) is 0 Å². The summed E-state index contributed by atoms with van der Waals surface area (Å²) in [5.74, 6) is 0.200. The van der Waals surface area contributed by atoms with Crippen molar-refractivity contribution >= 4 is 17.3 Å². The van der Waals surface area contributed by atoms with E-state index in [1.54, 1.807) is 6.20 Å². The SMILES string of the molecule is CC1CC(=C2c3ccccc3C(=O)Cn3ccnc32)CCN1CCC(=O)O. The maximum absolute atomic E-state index is 12.7. The van der Waals surface area contributed by atoms with Gasteiger partial charge in [0, 0.05) is 42.7 Å². The van der Waals surface area contributed by atoms with Gasteiger partial charge < -0.3 is 9.67 Å². The van der Waals surface area contributed by atoms with Gasteiger partial charge in [-0.2, -0.15) is 0 Å². The molecule has 1 atom stereocenters. The first-order chi connectivity index (χ1) is 13.0. The number of carboxylic acid groups (broad SMARTS) is 1. The smallest absolute Gasteiger partial charge is 0.304 e. The Kier molecular flexibility index (Phi) is 4.66. The van der Waals surface area contributed by atoms with Crippen LogP contribution in [0.15, 0.2) is 42.2 Å². The Balaban J connectivity index is 1.74. The number of fused-ring (bicyclic) bond motifs is 2. The lowest BCUT2D eigenvalue weighted by Crippen LogP contribution is -2.39. The molecule has 140 valence electrons. The van der Waals surface area contributed by atoms with Crippen molar-refractivity contribution in [2.24, 2.45) is 0 Å². The third-order valence-electron chi connectivity index (χ3n) is 5.58. The van der Waals surface area contributed by atoms with Crippen LogP contribution in [0, 0.1) is 0 Å². The average Bonchev–Trinajstić information content (AvgIpc) is 3.05. The Hall–Kier alpha value is -2.73. The number of rotatable bonds is 3. The number of carbonyl (C=O) groups excluding carboxylic acids is 1. The number of aliphatic carboxylic acids is 1. The van der Waals surface area contributed by atoms with Crippen molar-refractivity contribution in [2.75, 3.05) is 13.1 Å². The monoisotopic (exact) mass is 365 g/mol.